The summed E-state index contributed by atoms with van der Waals surface area (Å²) in [5.74, 6) is 0. The summed E-state index contributed by atoms with van der Waals surface area (Å²) in [6, 6.07) is 10.4. The lowest BCUT2D eigenvalue weighted by molar-refractivity contribution is 0.0263. The van der Waals surface area contributed by atoms with Crippen LogP contribution < -0.4 is 5.32 Å². The molecule has 0 saturated carbocycles. The fourth-order valence-corrected chi connectivity index (χ4v) is 2.34. The number of nitrogens with zero attached hydrogens (tertiary/aromatic N) is 1. The van der Waals surface area contributed by atoms with E-state index in [1.165, 1.54) is 0 Å². The standard InChI is InChI=1S/C13H18N2OS/c1-2-12-10-16-9-8-15(12)13(17)14-11-6-4-3-5-7-11/h3-7,12H,2,8-10H2,1H3,(H,14,17). The number of rotatable bonds is 2. The number of nitrogens with one attached hydrogen (secondary N) is 1. The van der Waals surface area contributed by atoms with Gasteiger partial charge in [0.1, 0.15) is 0 Å². The van der Waals surface area contributed by atoms with E-state index in [0.29, 0.717) is 6.04 Å². The Bertz CT molecular complexity index is 369. The van der Waals surface area contributed by atoms with E-state index in [1.807, 2.05) is 30.3 Å². The molecule has 1 saturated heterocycles. The van der Waals surface area contributed by atoms with Crippen molar-refractivity contribution in [3.63, 3.8) is 0 Å². The fraction of sp³-hybridized carbons (Fsp3) is 0.462. The quantitative estimate of drug-likeness (QED) is 0.815. The van der Waals surface area contributed by atoms with Crippen molar-refractivity contribution in [3.8, 4) is 0 Å². The predicted molar refractivity (Wildman–Crippen MR) is 74.3 cm³/mol. The second kappa shape index (κ2) is 5.98. The van der Waals surface area contributed by atoms with Gasteiger partial charge in [0.25, 0.3) is 0 Å². The highest BCUT2D eigenvalue weighted by atomic mass is 32.1. The van der Waals surface area contributed by atoms with Crippen molar-refractivity contribution in [2.24, 2.45) is 0 Å². The normalized spacial score (nSPS) is 20.1. The highest BCUT2D eigenvalue weighted by Crippen LogP contribution is 2.13. The lowest BCUT2D eigenvalue weighted by atomic mass is 10.2. The van der Waals surface area contributed by atoms with E-state index in [4.69, 9.17) is 17.0 Å². The van der Waals surface area contributed by atoms with Gasteiger partial charge in [-0.25, -0.2) is 0 Å². The first-order chi connectivity index (χ1) is 8.31. The first-order valence-electron chi connectivity index (χ1n) is 6.01. The van der Waals surface area contributed by atoms with Crippen molar-refractivity contribution >= 4 is 23.0 Å². The SMILES string of the molecule is CCC1COCCN1C(=S)Nc1ccccc1. The molecular weight excluding hydrogens is 232 g/mol. The van der Waals surface area contributed by atoms with Gasteiger partial charge in [-0.1, -0.05) is 25.1 Å². The van der Waals surface area contributed by atoms with Gasteiger partial charge in [-0.3, -0.25) is 0 Å². The van der Waals surface area contributed by atoms with Crippen LogP contribution in [0.25, 0.3) is 0 Å². The molecule has 1 aliphatic heterocycles. The third-order valence-corrected chi connectivity index (χ3v) is 3.32. The molecule has 1 heterocycles. The van der Waals surface area contributed by atoms with E-state index in [0.717, 1.165) is 37.0 Å². The van der Waals surface area contributed by atoms with Crippen LogP contribution in [0.15, 0.2) is 30.3 Å². The summed E-state index contributed by atoms with van der Waals surface area (Å²) in [5, 5.41) is 4.08. The van der Waals surface area contributed by atoms with Crippen LogP contribution in [0.5, 0.6) is 0 Å². The van der Waals surface area contributed by atoms with E-state index in [2.05, 4.69) is 17.1 Å². The van der Waals surface area contributed by atoms with Gasteiger partial charge >= 0.3 is 0 Å². The Morgan fingerprint density at radius 3 is 2.94 bits per heavy atom. The van der Waals surface area contributed by atoms with Crippen molar-refractivity contribution in [2.45, 2.75) is 19.4 Å². The van der Waals surface area contributed by atoms with Gasteiger partial charge in [0, 0.05) is 12.2 Å². The molecule has 0 amide bonds. The summed E-state index contributed by atoms with van der Waals surface area (Å²) in [6.07, 6.45) is 1.05. The molecule has 1 aliphatic rings. The Morgan fingerprint density at radius 2 is 2.24 bits per heavy atom. The van der Waals surface area contributed by atoms with Gasteiger partial charge in [-0.15, -0.1) is 0 Å². The average molecular weight is 250 g/mol. The summed E-state index contributed by atoms with van der Waals surface area (Å²) < 4.78 is 5.47. The van der Waals surface area contributed by atoms with Crippen LogP contribution in [0.4, 0.5) is 5.69 Å². The van der Waals surface area contributed by atoms with E-state index in [-0.39, 0.29) is 0 Å². The Balaban J connectivity index is 1.99. The number of morpholine rings is 1. The van der Waals surface area contributed by atoms with Crippen LogP contribution >= 0.6 is 12.2 Å². The lowest BCUT2D eigenvalue weighted by Gasteiger charge is -2.37. The number of hydrogen-bond acceptors (Lipinski definition) is 2. The average Bonchev–Trinajstić information content (AvgIpc) is 2.40. The minimum Gasteiger partial charge on any atom is -0.377 e. The van der Waals surface area contributed by atoms with Gasteiger partial charge in [0.05, 0.1) is 19.3 Å². The summed E-state index contributed by atoms with van der Waals surface area (Å²) in [6.45, 7) is 4.56. The van der Waals surface area contributed by atoms with Crippen LogP contribution in [0.3, 0.4) is 0 Å². The van der Waals surface area contributed by atoms with Gasteiger partial charge in [-0.2, -0.15) is 0 Å². The van der Waals surface area contributed by atoms with E-state index >= 15 is 0 Å². The number of thiocarbonyl (C=S) groups is 1. The van der Waals surface area contributed by atoms with E-state index in [9.17, 15) is 0 Å². The zero-order valence-corrected chi connectivity index (χ0v) is 10.9. The zero-order chi connectivity index (χ0) is 12.1. The maximum atomic E-state index is 5.47. The molecule has 0 bridgehead atoms. The number of benzene rings is 1. The summed E-state index contributed by atoms with van der Waals surface area (Å²) in [4.78, 5) is 2.23. The summed E-state index contributed by atoms with van der Waals surface area (Å²) in [5.41, 5.74) is 1.04. The minimum atomic E-state index is 0.396. The highest BCUT2D eigenvalue weighted by Gasteiger charge is 2.23. The lowest BCUT2D eigenvalue weighted by Crippen LogP contribution is -2.49. The first kappa shape index (κ1) is 12.3. The van der Waals surface area contributed by atoms with Crippen LogP contribution in [-0.2, 0) is 4.74 Å². The Kier molecular flexibility index (Phi) is 4.34. The maximum absolute atomic E-state index is 5.47. The molecule has 1 aromatic rings. The topological polar surface area (TPSA) is 24.5 Å². The number of hydrogen-bond donors (Lipinski definition) is 1. The molecule has 92 valence electrons. The largest absolute Gasteiger partial charge is 0.377 e. The van der Waals surface area contributed by atoms with Crippen molar-refractivity contribution in [2.75, 3.05) is 25.1 Å². The molecule has 1 fully saturated rings. The van der Waals surface area contributed by atoms with Crippen molar-refractivity contribution in [1.82, 2.24) is 4.90 Å². The Labute approximate surface area is 108 Å². The zero-order valence-electron chi connectivity index (χ0n) is 10.1. The summed E-state index contributed by atoms with van der Waals surface area (Å²) in [7, 11) is 0. The van der Waals surface area contributed by atoms with Gasteiger partial charge in [-0.05, 0) is 30.8 Å². The minimum absolute atomic E-state index is 0.396. The second-order valence-corrected chi connectivity index (χ2v) is 4.51. The molecule has 0 aliphatic carbocycles. The van der Waals surface area contributed by atoms with Crippen LogP contribution in [0.2, 0.25) is 0 Å². The molecule has 1 N–H and O–H groups in total. The van der Waals surface area contributed by atoms with Crippen molar-refractivity contribution < 1.29 is 4.74 Å². The molecule has 4 heteroatoms. The molecule has 0 aromatic heterocycles. The molecule has 0 spiro atoms. The monoisotopic (exact) mass is 250 g/mol. The maximum Gasteiger partial charge on any atom is 0.173 e. The predicted octanol–water partition coefficient (Wildman–Crippen LogP) is 2.49. The molecule has 1 aromatic carbocycles. The smallest absolute Gasteiger partial charge is 0.173 e. The third kappa shape index (κ3) is 3.17. The van der Waals surface area contributed by atoms with Gasteiger partial charge < -0.3 is 15.0 Å². The number of para-hydroxylation sites is 1. The Morgan fingerprint density at radius 1 is 1.47 bits per heavy atom. The molecule has 0 radical (unpaired) electrons. The van der Waals surface area contributed by atoms with Crippen molar-refractivity contribution in [1.29, 1.82) is 0 Å². The molecule has 1 unspecified atom stereocenters. The van der Waals surface area contributed by atoms with E-state index < -0.39 is 0 Å². The molecule has 1 atom stereocenters. The summed E-state index contributed by atoms with van der Waals surface area (Å²) >= 11 is 5.46. The number of anilines is 1. The molecular formula is C13H18N2OS. The van der Waals surface area contributed by atoms with Gasteiger partial charge in [0.2, 0.25) is 0 Å². The molecule has 2 rings (SSSR count). The third-order valence-electron chi connectivity index (χ3n) is 2.98. The van der Waals surface area contributed by atoms with Crippen LogP contribution in [0, 0.1) is 0 Å². The van der Waals surface area contributed by atoms with E-state index in [1.54, 1.807) is 0 Å². The number of ether oxygens (including phenoxy) is 1. The fourth-order valence-electron chi connectivity index (χ4n) is 1.98. The van der Waals surface area contributed by atoms with Crippen LogP contribution in [-0.4, -0.2) is 35.8 Å². The first-order valence-corrected chi connectivity index (χ1v) is 6.42. The Hall–Kier alpha value is -1.13. The van der Waals surface area contributed by atoms with Gasteiger partial charge in [0.15, 0.2) is 5.11 Å². The van der Waals surface area contributed by atoms with Crippen molar-refractivity contribution in [3.05, 3.63) is 30.3 Å². The molecule has 17 heavy (non-hydrogen) atoms. The molecule has 3 nitrogen and oxygen atoms in total. The highest BCUT2D eigenvalue weighted by molar-refractivity contribution is 7.80. The van der Waals surface area contributed by atoms with Crippen LogP contribution in [0.1, 0.15) is 13.3 Å². The second-order valence-electron chi connectivity index (χ2n) is 4.13.